The van der Waals surface area contributed by atoms with E-state index in [0.717, 1.165) is 0 Å². The van der Waals surface area contributed by atoms with Crippen molar-refractivity contribution in [3.05, 3.63) is 0 Å². The Morgan fingerprint density at radius 2 is 1.77 bits per heavy atom. The summed E-state index contributed by atoms with van der Waals surface area (Å²) in [4.78, 5) is 2.62. The highest BCUT2D eigenvalue weighted by Crippen LogP contribution is 2.26. The van der Waals surface area contributed by atoms with Gasteiger partial charge in [0.1, 0.15) is 0 Å². The van der Waals surface area contributed by atoms with Gasteiger partial charge in [0.05, 0.1) is 0 Å². The highest BCUT2D eigenvalue weighted by Gasteiger charge is 2.16. The second-order valence-electron chi connectivity index (χ2n) is 5.17. The first-order valence-corrected chi connectivity index (χ1v) is 5.86. The second-order valence-corrected chi connectivity index (χ2v) is 5.17. The zero-order valence-electron chi connectivity index (χ0n) is 9.60. The fourth-order valence-electron chi connectivity index (χ4n) is 1.96. The molecule has 0 aromatic carbocycles. The zero-order valence-corrected chi connectivity index (χ0v) is 9.60. The summed E-state index contributed by atoms with van der Waals surface area (Å²) in [6.07, 6.45) is 6.95. The number of nitrogens with zero attached hydrogens (tertiary/aromatic N) is 1. The minimum Gasteiger partial charge on any atom is -0.303 e. The summed E-state index contributed by atoms with van der Waals surface area (Å²) in [5, 5.41) is 0. The molecule has 1 saturated heterocycles. The van der Waals surface area contributed by atoms with Crippen molar-refractivity contribution >= 4 is 0 Å². The summed E-state index contributed by atoms with van der Waals surface area (Å²) in [5.74, 6) is 0. The van der Waals surface area contributed by atoms with Crippen LogP contribution in [-0.2, 0) is 0 Å². The van der Waals surface area contributed by atoms with Crippen LogP contribution in [0.2, 0.25) is 0 Å². The maximum Gasteiger partial charge on any atom is -0.00183 e. The molecule has 0 aromatic rings. The van der Waals surface area contributed by atoms with Gasteiger partial charge in [0.2, 0.25) is 0 Å². The van der Waals surface area contributed by atoms with Crippen LogP contribution in [0.25, 0.3) is 0 Å². The molecule has 0 unspecified atom stereocenters. The van der Waals surface area contributed by atoms with E-state index < -0.39 is 0 Å². The van der Waals surface area contributed by atoms with Crippen molar-refractivity contribution in [3.63, 3.8) is 0 Å². The molecule has 1 heteroatoms. The predicted octanol–water partition coefficient (Wildman–Crippen LogP) is 3.30. The van der Waals surface area contributed by atoms with Crippen LogP contribution in [-0.4, -0.2) is 24.5 Å². The number of likely N-dealkylation sites (tertiary alicyclic amines) is 1. The lowest BCUT2D eigenvalue weighted by Crippen LogP contribution is -2.22. The molecule has 0 N–H and O–H groups in total. The lowest BCUT2D eigenvalue weighted by molar-refractivity contribution is 0.267. The summed E-state index contributed by atoms with van der Waals surface area (Å²) < 4.78 is 0. The van der Waals surface area contributed by atoms with E-state index in [1.807, 2.05) is 0 Å². The van der Waals surface area contributed by atoms with Gasteiger partial charge in [-0.1, -0.05) is 27.2 Å². The van der Waals surface area contributed by atoms with Crippen LogP contribution in [0.3, 0.4) is 0 Å². The van der Waals surface area contributed by atoms with Crippen molar-refractivity contribution in [2.75, 3.05) is 19.6 Å². The molecular weight excluding hydrogens is 158 g/mol. The Balaban J connectivity index is 2.06. The summed E-state index contributed by atoms with van der Waals surface area (Å²) in [6, 6.07) is 0. The van der Waals surface area contributed by atoms with Gasteiger partial charge in [0.15, 0.2) is 0 Å². The molecule has 0 saturated carbocycles. The van der Waals surface area contributed by atoms with Gasteiger partial charge in [-0.25, -0.2) is 0 Å². The van der Waals surface area contributed by atoms with Gasteiger partial charge in [0.25, 0.3) is 0 Å². The third kappa shape index (κ3) is 4.12. The molecule has 0 amide bonds. The van der Waals surface area contributed by atoms with Crippen LogP contribution in [0.4, 0.5) is 0 Å². The molecule has 1 nitrogen and oxygen atoms in total. The fraction of sp³-hybridized carbons (Fsp3) is 1.00. The van der Waals surface area contributed by atoms with E-state index >= 15 is 0 Å². The van der Waals surface area contributed by atoms with Crippen LogP contribution in [0, 0.1) is 5.41 Å². The van der Waals surface area contributed by atoms with Gasteiger partial charge < -0.3 is 4.90 Å². The van der Waals surface area contributed by atoms with Crippen LogP contribution in [0.1, 0.15) is 52.9 Å². The number of hydrogen-bond acceptors (Lipinski definition) is 1. The Hall–Kier alpha value is -0.0400. The summed E-state index contributed by atoms with van der Waals surface area (Å²) in [7, 11) is 0. The second kappa shape index (κ2) is 4.99. The Morgan fingerprint density at radius 3 is 2.31 bits per heavy atom. The van der Waals surface area contributed by atoms with E-state index in [1.54, 1.807) is 0 Å². The Bertz CT molecular complexity index is 134. The van der Waals surface area contributed by atoms with Crippen molar-refractivity contribution < 1.29 is 0 Å². The maximum absolute atomic E-state index is 2.62. The Labute approximate surface area is 83.5 Å². The molecule has 0 aliphatic carbocycles. The topological polar surface area (TPSA) is 3.24 Å². The van der Waals surface area contributed by atoms with E-state index in [0.29, 0.717) is 5.41 Å². The lowest BCUT2D eigenvalue weighted by Gasteiger charge is -2.24. The summed E-state index contributed by atoms with van der Waals surface area (Å²) in [5.41, 5.74) is 0.569. The molecule has 0 spiro atoms. The first-order valence-electron chi connectivity index (χ1n) is 5.86. The Kier molecular flexibility index (Phi) is 4.24. The predicted molar refractivity (Wildman–Crippen MR) is 59.0 cm³/mol. The van der Waals surface area contributed by atoms with E-state index in [-0.39, 0.29) is 0 Å². The Morgan fingerprint density at radius 1 is 1.15 bits per heavy atom. The molecule has 0 aromatic heterocycles. The zero-order chi connectivity index (χ0) is 9.73. The van der Waals surface area contributed by atoms with Crippen LogP contribution in [0.15, 0.2) is 0 Å². The van der Waals surface area contributed by atoms with Crippen molar-refractivity contribution in [2.24, 2.45) is 5.41 Å². The average Bonchev–Trinajstić information content (AvgIpc) is 2.57. The summed E-state index contributed by atoms with van der Waals surface area (Å²) >= 11 is 0. The molecule has 13 heavy (non-hydrogen) atoms. The molecule has 0 bridgehead atoms. The number of rotatable bonds is 5. The first kappa shape index (κ1) is 11.0. The standard InChI is InChI=1S/C12H25N/c1-4-12(2,3)8-7-11-13-9-5-6-10-13/h4-11H2,1-3H3. The van der Waals surface area contributed by atoms with Gasteiger partial charge in [0, 0.05) is 0 Å². The minimum absolute atomic E-state index is 0.569. The van der Waals surface area contributed by atoms with Crippen molar-refractivity contribution in [2.45, 2.75) is 52.9 Å². The molecular formula is C12H25N. The minimum atomic E-state index is 0.569. The lowest BCUT2D eigenvalue weighted by atomic mass is 9.85. The van der Waals surface area contributed by atoms with Gasteiger partial charge in [-0.05, 0) is 50.7 Å². The van der Waals surface area contributed by atoms with Gasteiger partial charge >= 0.3 is 0 Å². The van der Waals surface area contributed by atoms with Crippen molar-refractivity contribution in [3.8, 4) is 0 Å². The van der Waals surface area contributed by atoms with Crippen molar-refractivity contribution in [1.82, 2.24) is 4.90 Å². The quantitative estimate of drug-likeness (QED) is 0.632. The van der Waals surface area contributed by atoms with Crippen LogP contribution >= 0.6 is 0 Å². The highest BCUT2D eigenvalue weighted by molar-refractivity contribution is 4.70. The van der Waals surface area contributed by atoms with Gasteiger partial charge in [-0.3, -0.25) is 0 Å². The molecule has 1 fully saturated rings. The molecule has 1 aliphatic rings. The molecule has 0 radical (unpaired) electrons. The van der Waals surface area contributed by atoms with E-state index in [4.69, 9.17) is 0 Å². The van der Waals surface area contributed by atoms with Crippen molar-refractivity contribution in [1.29, 1.82) is 0 Å². The van der Waals surface area contributed by atoms with E-state index in [2.05, 4.69) is 25.7 Å². The SMILES string of the molecule is CCC(C)(C)CCCN1CCCC1. The molecule has 1 heterocycles. The van der Waals surface area contributed by atoms with Gasteiger partial charge in [-0.2, -0.15) is 0 Å². The molecule has 1 rings (SSSR count). The van der Waals surface area contributed by atoms with E-state index in [1.165, 1.54) is 51.7 Å². The molecule has 1 aliphatic heterocycles. The highest BCUT2D eigenvalue weighted by atomic mass is 15.1. The monoisotopic (exact) mass is 183 g/mol. The van der Waals surface area contributed by atoms with E-state index in [9.17, 15) is 0 Å². The first-order chi connectivity index (χ1) is 6.14. The largest absolute Gasteiger partial charge is 0.303 e. The normalized spacial score (nSPS) is 19.6. The summed E-state index contributed by atoms with van der Waals surface area (Å²) in [6.45, 7) is 11.1. The third-order valence-corrected chi connectivity index (χ3v) is 3.48. The average molecular weight is 183 g/mol. The molecule has 0 atom stereocenters. The third-order valence-electron chi connectivity index (χ3n) is 3.48. The number of hydrogen-bond donors (Lipinski definition) is 0. The smallest absolute Gasteiger partial charge is 0.00183 e. The van der Waals surface area contributed by atoms with Gasteiger partial charge in [-0.15, -0.1) is 0 Å². The van der Waals surface area contributed by atoms with Crippen LogP contribution < -0.4 is 0 Å². The van der Waals surface area contributed by atoms with Crippen LogP contribution in [0.5, 0.6) is 0 Å². The maximum atomic E-state index is 2.62. The molecule has 78 valence electrons. The fourth-order valence-corrected chi connectivity index (χ4v) is 1.96.